The number of amides is 1. The summed E-state index contributed by atoms with van der Waals surface area (Å²) in [5, 5.41) is 2.96. The number of nitrogens with one attached hydrogen (secondary N) is 1. The first-order valence-electron chi connectivity index (χ1n) is 10.9. The minimum absolute atomic E-state index is 0.153. The standard InChI is InChI=1S/C23H29FN4O/c24-19-11-9-17(10-12-19)15-25-22(29)20-16-26-23(28-13-5-2-6-14-28)27-21(20)18-7-3-1-4-8-18/h9-12,16,18H,1-8,13-15H2,(H,25,29). The van der Waals surface area contributed by atoms with Crippen molar-refractivity contribution in [3.8, 4) is 0 Å². The predicted octanol–water partition coefficient (Wildman–Crippen LogP) is 4.58. The zero-order valence-corrected chi connectivity index (χ0v) is 16.9. The van der Waals surface area contributed by atoms with E-state index in [1.54, 1.807) is 18.3 Å². The highest BCUT2D eigenvalue weighted by molar-refractivity contribution is 5.95. The molecule has 2 aliphatic rings. The van der Waals surface area contributed by atoms with Crippen LogP contribution in [0.1, 0.15) is 78.9 Å². The number of benzene rings is 1. The van der Waals surface area contributed by atoms with Crippen molar-refractivity contribution < 1.29 is 9.18 Å². The van der Waals surface area contributed by atoms with Crippen molar-refractivity contribution in [2.75, 3.05) is 18.0 Å². The maximum Gasteiger partial charge on any atom is 0.254 e. The molecule has 5 nitrogen and oxygen atoms in total. The molecule has 2 aromatic rings. The number of hydrogen-bond acceptors (Lipinski definition) is 4. The minimum Gasteiger partial charge on any atom is -0.348 e. The maximum absolute atomic E-state index is 13.1. The monoisotopic (exact) mass is 396 g/mol. The van der Waals surface area contributed by atoms with E-state index >= 15 is 0 Å². The van der Waals surface area contributed by atoms with Gasteiger partial charge in [-0.3, -0.25) is 4.79 Å². The van der Waals surface area contributed by atoms with Gasteiger partial charge in [0.25, 0.3) is 5.91 Å². The number of carbonyl (C=O) groups excluding carboxylic acids is 1. The summed E-state index contributed by atoms with van der Waals surface area (Å²) in [6, 6.07) is 6.19. The van der Waals surface area contributed by atoms with Crippen LogP contribution in [0.25, 0.3) is 0 Å². The lowest BCUT2D eigenvalue weighted by atomic mass is 9.85. The fourth-order valence-corrected chi connectivity index (χ4v) is 4.37. The van der Waals surface area contributed by atoms with E-state index < -0.39 is 0 Å². The van der Waals surface area contributed by atoms with Gasteiger partial charge in [-0.05, 0) is 49.8 Å². The highest BCUT2D eigenvalue weighted by atomic mass is 19.1. The Bertz CT molecular complexity index is 827. The van der Waals surface area contributed by atoms with Crippen molar-refractivity contribution >= 4 is 11.9 Å². The summed E-state index contributed by atoms with van der Waals surface area (Å²) in [7, 11) is 0. The average molecular weight is 397 g/mol. The molecular weight excluding hydrogens is 367 g/mol. The fourth-order valence-electron chi connectivity index (χ4n) is 4.37. The quantitative estimate of drug-likeness (QED) is 0.803. The van der Waals surface area contributed by atoms with E-state index in [4.69, 9.17) is 4.98 Å². The Hall–Kier alpha value is -2.50. The van der Waals surface area contributed by atoms with Crippen molar-refractivity contribution in [3.05, 3.63) is 53.1 Å². The fraction of sp³-hybridized carbons (Fsp3) is 0.522. The Morgan fingerprint density at radius 1 is 1.03 bits per heavy atom. The van der Waals surface area contributed by atoms with Crippen molar-refractivity contribution in [2.24, 2.45) is 0 Å². The van der Waals surface area contributed by atoms with Crippen LogP contribution in [0, 0.1) is 5.82 Å². The lowest BCUT2D eigenvalue weighted by Gasteiger charge is -2.29. The summed E-state index contributed by atoms with van der Waals surface area (Å²) in [6.07, 6.45) is 11.1. The van der Waals surface area contributed by atoms with Crippen LogP contribution in [0.15, 0.2) is 30.5 Å². The number of anilines is 1. The van der Waals surface area contributed by atoms with Gasteiger partial charge < -0.3 is 10.2 Å². The SMILES string of the molecule is O=C(NCc1ccc(F)cc1)c1cnc(N2CCCCC2)nc1C1CCCCC1. The van der Waals surface area contributed by atoms with Crippen molar-refractivity contribution in [2.45, 2.75) is 63.8 Å². The molecule has 1 N–H and O–H groups in total. The molecule has 1 aromatic heterocycles. The second-order valence-electron chi connectivity index (χ2n) is 8.16. The van der Waals surface area contributed by atoms with Crippen molar-refractivity contribution in [3.63, 3.8) is 0 Å². The van der Waals surface area contributed by atoms with Gasteiger partial charge >= 0.3 is 0 Å². The maximum atomic E-state index is 13.1. The van der Waals surface area contributed by atoms with Crippen LogP contribution < -0.4 is 10.2 Å². The summed E-state index contributed by atoms with van der Waals surface area (Å²) >= 11 is 0. The van der Waals surface area contributed by atoms with E-state index in [2.05, 4.69) is 15.2 Å². The third-order valence-corrected chi connectivity index (χ3v) is 6.05. The second kappa shape index (κ2) is 9.33. The van der Waals surface area contributed by atoms with Crippen LogP contribution in [-0.2, 0) is 6.54 Å². The number of piperidine rings is 1. The highest BCUT2D eigenvalue weighted by Crippen LogP contribution is 2.34. The third kappa shape index (κ3) is 4.92. The van der Waals surface area contributed by atoms with E-state index in [-0.39, 0.29) is 11.7 Å². The van der Waals surface area contributed by atoms with Gasteiger partial charge in [0.05, 0.1) is 11.3 Å². The van der Waals surface area contributed by atoms with Crippen molar-refractivity contribution in [1.29, 1.82) is 0 Å². The summed E-state index contributed by atoms with van der Waals surface area (Å²) in [5.41, 5.74) is 2.35. The largest absolute Gasteiger partial charge is 0.348 e. The number of hydrogen-bond donors (Lipinski definition) is 1. The summed E-state index contributed by atoms with van der Waals surface area (Å²) in [5.74, 6) is 0.656. The molecule has 0 radical (unpaired) electrons. The van der Waals surface area contributed by atoms with Gasteiger partial charge in [0.1, 0.15) is 5.82 Å². The molecule has 1 saturated carbocycles. The number of aromatic nitrogens is 2. The van der Waals surface area contributed by atoms with E-state index in [1.807, 2.05) is 0 Å². The Kier molecular flexibility index (Phi) is 6.37. The van der Waals surface area contributed by atoms with Gasteiger partial charge in [-0.1, -0.05) is 31.4 Å². The molecule has 154 valence electrons. The molecule has 29 heavy (non-hydrogen) atoms. The first-order chi connectivity index (χ1) is 14.2. The Morgan fingerprint density at radius 3 is 2.45 bits per heavy atom. The summed E-state index contributed by atoms with van der Waals surface area (Å²) in [4.78, 5) is 24.7. The first-order valence-corrected chi connectivity index (χ1v) is 10.9. The highest BCUT2D eigenvalue weighted by Gasteiger charge is 2.25. The van der Waals surface area contributed by atoms with Crippen LogP contribution in [0.3, 0.4) is 0 Å². The van der Waals surface area contributed by atoms with Crippen LogP contribution in [-0.4, -0.2) is 29.0 Å². The molecule has 1 aromatic carbocycles. The van der Waals surface area contributed by atoms with Gasteiger partial charge in [-0.2, -0.15) is 0 Å². The number of halogens is 1. The molecule has 1 amide bonds. The van der Waals surface area contributed by atoms with E-state index in [9.17, 15) is 9.18 Å². The van der Waals surface area contributed by atoms with Gasteiger partial charge in [-0.15, -0.1) is 0 Å². The van der Waals surface area contributed by atoms with Crippen LogP contribution in [0.5, 0.6) is 0 Å². The van der Waals surface area contributed by atoms with E-state index in [0.717, 1.165) is 43.1 Å². The lowest BCUT2D eigenvalue weighted by Crippen LogP contribution is -2.32. The van der Waals surface area contributed by atoms with Crippen molar-refractivity contribution in [1.82, 2.24) is 15.3 Å². The topological polar surface area (TPSA) is 58.1 Å². The van der Waals surface area contributed by atoms with Crippen LogP contribution in [0.2, 0.25) is 0 Å². The molecule has 0 atom stereocenters. The van der Waals surface area contributed by atoms with Gasteiger partial charge in [0, 0.05) is 31.7 Å². The predicted molar refractivity (Wildman–Crippen MR) is 111 cm³/mol. The van der Waals surface area contributed by atoms with Crippen LogP contribution in [0.4, 0.5) is 10.3 Å². The summed E-state index contributed by atoms with van der Waals surface area (Å²) < 4.78 is 13.1. The molecule has 0 spiro atoms. The number of nitrogens with zero attached hydrogens (tertiary/aromatic N) is 3. The zero-order valence-electron chi connectivity index (χ0n) is 16.9. The zero-order chi connectivity index (χ0) is 20.1. The van der Waals surface area contributed by atoms with Gasteiger partial charge in [0.15, 0.2) is 0 Å². The first kappa shape index (κ1) is 19.8. The molecular formula is C23H29FN4O. The third-order valence-electron chi connectivity index (χ3n) is 6.05. The minimum atomic E-state index is -0.277. The Labute approximate surface area is 171 Å². The average Bonchev–Trinajstić information content (AvgIpc) is 2.79. The Balaban J connectivity index is 1.54. The molecule has 1 saturated heterocycles. The Morgan fingerprint density at radius 2 is 1.72 bits per heavy atom. The molecule has 0 unspecified atom stereocenters. The van der Waals surface area contributed by atoms with Crippen LogP contribution >= 0.6 is 0 Å². The molecule has 1 aliphatic heterocycles. The van der Waals surface area contributed by atoms with E-state index in [0.29, 0.717) is 18.0 Å². The number of carbonyl (C=O) groups is 1. The number of rotatable bonds is 5. The molecule has 2 fully saturated rings. The molecule has 6 heteroatoms. The molecule has 1 aliphatic carbocycles. The lowest BCUT2D eigenvalue weighted by molar-refractivity contribution is 0.0948. The second-order valence-corrected chi connectivity index (χ2v) is 8.16. The molecule has 0 bridgehead atoms. The smallest absolute Gasteiger partial charge is 0.254 e. The summed E-state index contributed by atoms with van der Waals surface area (Å²) in [6.45, 7) is 2.33. The van der Waals surface area contributed by atoms with E-state index in [1.165, 1.54) is 50.7 Å². The normalized spacial score (nSPS) is 17.9. The van der Waals surface area contributed by atoms with Gasteiger partial charge in [-0.25, -0.2) is 14.4 Å². The molecule has 4 rings (SSSR count). The molecule has 2 heterocycles. The van der Waals surface area contributed by atoms with Gasteiger partial charge in [0.2, 0.25) is 5.95 Å².